The van der Waals surface area contributed by atoms with E-state index in [4.69, 9.17) is 16.7 Å². The zero-order valence-electron chi connectivity index (χ0n) is 16.7. The molecular weight excluding hydrogens is 358 g/mol. The summed E-state index contributed by atoms with van der Waals surface area (Å²) in [6, 6.07) is 10.1. The second kappa shape index (κ2) is 7.55. The van der Waals surface area contributed by atoms with Gasteiger partial charge in [-0.2, -0.15) is 5.10 Å². The number of hydrogen-bond donors (Lipinski definition) is 0. The summed E-state index contributed by atoms with van der Waals surface area (Å²) in [7, 11) is 4.55. The van der Waals surface area contributed by atoms with Gasteiger partial charge in [0.1, 0.15) is 5.15 Å². The van der Waals surface area contributed by atoms with Crippen LogP contribution in [0.2, 0.25) is 5.15 Å². The van der Waals surface area contributed by atoms with Gasteiger partial charge < -0.3 is 4.90 Å². The third-order valence-corrected chi connectivity index (χ3v) is 6.87. The summed E-state index contributed by atoms with van der Waals surface area (Å²) < 4.78 is 1.86. The van der Waals surface area contributed by atoms with Crippen molar-refractivity contribution in [3.8, 4) is 5.69 Å². The first-order chi connectivity index (χ1) is 13.0. The zero-order chi connectivity index (χ0) is 19.0. The highest BCUT2D eigenvalue weighted by Gasteiger charge is 2.41. The second-order valence-electron chi connectivity index (χ2n) is 8.26. The number of hydrogen-bond acceptors (Lipinski definition) is 4. The van der Waals surface area contributed by atoms with E-state index in [2.05, 4.69) is 35.7 Å². The Hall–Kier alpha value is -1.40. The van der Waals surface area contributed by atoms with E-state index in [-0.39, 0.29) is 0 Å². The molecule has 2 fully saturated rings. The molecule has 4 rings (SSSR count). The van der Waals surface area contributed by atoms with Crippen molar-refractivity contribution < 1.29 is 0 Å². The van der Waals surface area contributed by atoms with Crippen LogP contribution in [0.3, 0.4) is 0 Å². The Morgan fingerprint density at radius 3 is 2.44 bits per heavy atom. The summed E-state index contributed by atoms with van der Waals surface area (Å²) in [6.45, 7) is 8.71. The largest absolute Gasteiger partial charge is 0.303 e. The molecule has 1 spiro atoms. The van der Waals surface area contributed by atoms with E-state index < -0.39 is 0 Å². The van der Waals surface area contributed by atoms with Crippen LogP contribution in [0, 0.1) is 6.92 Å². The van der Waals surface area contributed by atoms with E-state index in [1.807, 2.05) is 35.0 Å². The van der Waals surface area contributed by atoms with Gasteiger partial charge in [-0.05, 0) is 46.0 Å². The van der Waals surface area contributed by atoms with Gasteiger partial charge in [-0.25, -0.2) is 4.68 Å². The molecule has 0 radical (unpaired) electrons. The molecule has 27 heavy (non-hydrogen) atoms. The fourth-order valence-corrected chi connectivity index (χ4v) is 4.93. The maximum Gasteiger partial charge on any atom is 0.137 e. The van der Waals surface area contributed by atoms with Crippen molar-refractivity contribution in [3.63, 3.8) is 0 Å². The standard InChI is InChI=1S/C21H30ClN5/c1-17-19(20(22)27(23-17)18-7-5-4-6-8-18)15-26-11-9-21(10-12-26)16-24(2)13-14-25(21)3/h4-8H,9-16H2,1-3H3. The summed E-state index contributed by atoms with van der Waals surface area (Å²) in [6.07, 6.45) is 2.44. The van der Waals surface area contributed by atoms with Crippen molar-refractivity contribution in [2.24, 2.45) is 0 Å². The van der Waals surface area contributed by atoms with Crippen LogP contribution in [-0.4, -0.2) is 76.8 Å². The number of aryl methyl sites for hydroxylation is 1. The van der Waals surface area contributed by atoms with Crippen LogP contribution in [0.25, 0.3) is 5.69 Å². The Morgan fingerprint density at radius 1 is 1.04 bits per heavy atom. The number of para-hydroxylation sites is 1. The number of rotatable bonds is 3. The third-order valence-electron chi connectivity index (χ3n) is 6.48. The number of halogens is 1. The zero-order valence-corrected chi connectivity index (χ0v) is 17.4. The number of piperazine rings is 1. The first kappa shape index (κ1) is 18.9. The average Bonchev–Trinajstić information content (AvgIpc) is 2.96. The first-order valence-corrected chi connectivity index (χ1v) is 10.3. The lowest BCUT2D eigenvalue weighted by atomic mass is 9.84. The van der Waals surface area contributed by atoms with Gasteiger partial charge in [-0.3, -0.25) is 9.80 Å². The molecule has 6 heteroatoms. The minimum Gasteiger partial charge on any atom is -0.303 e. The summed E-state index contributed by atoms with van der Waals surface area (Å²) >= 11 is 6.73. The lowest BCUT2D eigenvalue weighted by molar-refractivity contribution is -0.0205. The molecule has 2 aromatic rings. The summed E-state index contributed by atoms with van der Waals surface area (Å²) in [5.41, 5.74) is 3.54. The summed E-state index contributed by atoms with van der Waals surface area (Å²) in [5.74, 6) is 0. The van der Waals surface area contributed by atoms with Crippen molar-refractivity contribution >= 4 is 11.6 Å². The number of piperidine rings is 1. The molecule has 0 aliphatic carbocycles. The molecule has 0 unspecified atom stereocenters. The van der Waals surface area contributed by atoms with E-state index in [0.29, 0.717) is 5.54 Å². The number of aromatic nitrogens is 2. The molecule has 2 aliphatic rings. The van der Waals surface area contributed by atoms with Crippen molar-refractivity contribution in [1.29, 1.82) is 0 Å². The lowest BCUT2D eigenvalue weighted by Crippen LogP contribution is -2.63. The predicted octanol–water partition coefficient (Wildman–Crippen LogP) is 3.05. The smallest absolute Gasteiger partial charge is 0.137 e. The minimum atomic E-state index is 0.344. The van der Waals surface area contributed by atoms with Crippen LogP contribution >= 0.6 is 11.6 Å². The third kappa shape index (κ3) is 3.66. The molecule has 0 N–H and O–H groups in total. The van der Waals surface area contributed by atoms with E-state index in [9.17, 15) is 0 Å². The molecule has 2 aliphatic heterocycles. The van der Waals surface area contributed by atoms with E-state index in [1.165, 1.54) is 32.5 Å². The molecule has 0 atom stereocenters. The molecule has 5 nitrogen and oxygen atoms in total. The van der Waals surface area contributed by atoms with E-state index >= 15 is 0 Å². The first-order valence-electron chi connectivity index (χ1n) is 9.90. The Kier molecular flexibility index (Phi) is 5.30. The SMILES string of the molecule is Cc1nn(-c2ccccc2)c(Cl)c1CN1CCC2(CC1)CN(C)CCN2C. The Balaban J connectivity index is 1.46. The van der Waals surface area contributed by atoms with Gasteiger partial charge >= 0.3 is 0 Å². The highest BCUT2D eigenvalue weighted by molar-refractivity contribution is 6.30. The van der Waals surface area contributed by atoms with Crippen LogP contribution in [0.5, 0.6) is 0 Å². The molecule has 0 bridgehead atoms. The van der Waals surface area contributed by atoms with Gasteiger partial charge in [0.25, 0.3) is 0 Å². The average molecular weight is 388 g/mol. The predicted molar refractivity (Wildman–Crippen MR) is 111 cm³/mol. The molecule has 0 amide bonds. The number of benzene rings is 1. The second-order valence-corrected chi connectivity index (χ2v) is 8.62. The fraction of sp³-hybridized carbons (Fsp3) is 0.571. The van der Waals surface area contributed by atoms with Gasteiger partial charge in [0.05, 0.1) is 11.4 Å². The lowest BCUT2D eigenvalue weighted by Gasteiger charge is -2.52. The van der Waals surface area contributed by atoms with Crippen LogP contribution in [0.4, 0.5) is 0 Å². The molecule has 0 saturated carbocycles. The Labute approximate surface area is 167 Å². The molecule has 1 aromatic heterocycles. The summed E-state index contributed by atoms with van der Waals surface area (Å²) in [4.78, 5) is 7.62. The Morgan fingerprint density at radius 2 is 1.74 bits per heavy atom. The molecule has 2 saturated heterocycles. The minimum absolute atomic E-state index is 0.344. The monoisotopic (exact) mass is 387 g/mol. The number of likely N-dealkylation sites (N-methyl/N-ethyl adjacent to an activating group) is 2. The maximum absolute atomic E-state index is 6.73. The quantitative estimate of drug-likeness (QED) is 0.809. The molecule has 3 heterocycles. The van der Waals surface area contributed by atoms with Gasteiger partial charge in [-0.15, -0.1) is 0 Å². The maximum atomic E-state index is 6.73. The number of likely N-dealkylation sites (tertiary alicyclic amines) is 1. The molecular formula is C21H30ClN5. The van der Waals surface area contributed by atoms with Crippen LogP contribution in [-0.2, 0) is 6.54 Å². The number of nitrogens with zero attached hydrogens (tertiary/aromatic N) is 5. The van der Waals surface area contributed by atoms with Crippen molar-refractivity contribution in [3.05, 3.63) is 46.7 Å². The van der Waals surface area contributed by atoms with Gasteiger partial charge in [0, 0.05) is 50.4 Å². The van der Waals surface area contributed by atoms with Crippen LogP contribution in [0.1, 0.15) is 24.1 Å². The van der Waals surface area contributed by atoms with E-state index in [1.54, 1.807) is 0 Å². The van der Waals surface area contributed by atoms with Crippen molar-refractivity contribution in [1.82, 2.24) is 24.5 Å². The summed E-state index contributed by atoms with van der Waals surface area (Å²) in [5, 5.41) is 5.44. The van der Waals surface area contributed by atoms with E-state index in [0.717, 1.165) is 41.7 Å². The Bertz CT molecular complexity index is 779. The topological polar surface area (TPSA) is 27.5 Å². The van der Waals surface area contributed by atoms with Crippen LogP contribution < -0.4 is 0 Å². The van der Waals surface area contributed by atoms with Crippen molar-refractivity contribution in [2.75, 3.05) is 46.8 Å². The van der Waals surface area contributed by atoms with Crippen molar-refractivity contribution in [2.45, 2.75) is 31.8 Å². The van der Waals surface area contributed by atoms with Gasteiger partial charge in [0.2, 0.25) is 0 Å². The van der Waals surface area contributed by atoms with Gasteiger partial charge in [0.15, 0.2) is 0 Å². The highest BCUT2D eigenvalue weighted by Crippen LogP contribution is 2.33. The molecule has 1 aromatic carbocycles. The molecule has 146 valence electrons. The van der Waals surface area contributed by atoms with Crippen LogP contribution in [0.15, 0.2) is 30.3 Å². The fourth-order valence-electron chi connectivity index (χ4n) is 4.60. The normalized spacial score (nSPS) is 21.8. The van der Waals surface area contributed by atoms with Gasteiger partial charge in [-0.1, -0.05) is 29.8 Å². The highest BCUT2D eigenvalue weighted by atomic mass is 35.5.